The van der Waals surface area contributed by atoms with Crippen LogP contribution in [0.4, 0.5) is 24.7 Å². The second-order valence-electron chi connectivity index (χ2n) is 6.14. The van der Waals surface area contributed by atoms with Crippen LogP contribution in [0.3, 0.4) is 0 Å². The van der Waals surface area contributed by atoms with Crippen LogP contribution in [-0.4, -0.2) is 15.9 Å². The minimum absolute atomic E-state index is 0.0563. The first kappa shape index (κ1) is 19.3. The van der Waals surface area contributed by atoms with E-state index in [4.69, 9.17) is 0 Å². The van der Waals surface area contributed by atoms with Gasteiger partial charge in [-0.05, 0) is 31.5 Å². The maximum atomic E-state index is 13.9. The van der Waals surface area contributed by atoms with Gasteiger partial charge in [0, 0.05) is 6.07 Å². The molecule has 0 spiro atoms. The van der Waals surface area contributed by atoms with Crippen molar-refractivity contribution in [1.82, 2.24) is 15.3 Å². The fourth-order valence-electron chi connectivity index (χ4n) is 2.60. The van der Waals surface area contributed by atoms with Gasteiger partial charge in [0.05, 0.1) is 11.7 Å². The summed E-state index contributed by atoms with van der Waals surface area (Å²) in [6.45, 7) is 3.39. The van der Waals surface area contributed by atoms with Gasteiger partial charge in [-0.15, -0.1) is 0 Å². The number of amides is 1. The lowest BCUT2D eigenvalue weighted by Crippen LogP contribution is -2.27. The number of anilines is 2. The fraction of sp³-hybridized carbons (Fsp3) is 0.150. The van der Waals surface area contributed by atoms with Gasteiger partial charge in [0.15, 0.2) is 17.5 Å². The lowest BCUT2D eigenvalue weighted by atomic mass is 10.1. The van der Waals surface area contributed by atoms with E-state index in [9.17, 15) is 18.0 Å². The van der Waals surface area contributed by atoms with Gasteiger partial charge in [-0.3, -0.25) is 4.79 Å². The molecule has 3 rings (SSSR count). The zero-order valence-corrected chi connectivity index (χ0v) is 15.1. The summed E-state index contributed by atoms with van der Waals surface area (Å²) in [6.07, 6.45) is 0. The van der Waals surface area contributed by atoms with Crippen molar-refractivity contribution in [3.8, 4) is 0 Å². The number of aromatic nitrogens is 2. The van der Waals surface area contributed by atoms with Crippen molar-refractivity contribution in [3.63, 3.8) is 0 Å². The van der Waals surface area contributed by atoms with Crippen LogP contribution in [-0.2, 0) is 0 Å². The van der Waals surface area contributed by atoms with Gasteiger partial charge >= 0.3 is 0 Å². The van der Waals surface area contributed by atoms with Gasteiger partial charge in [0.25, 0.3) is 5.91 Å². The third kappa shape index (κ3) is 4.28. The Bertz CT molecular complexity index is 1010. The van der Waals surface area contributed by atoms with Crippen molar-refractivity contribution in [2.24, 2.45) is 0 Å². The monoisotopic (exact) mass is 386 g/mol. The summed E-state index contributed by atoms with van der Waals surface area (Å²) >= 11 is 0. The average molecular weight is 386 g/mol. The number of hydrogen-bond donors (Lipinski definition) is 2. The topological polar surface area (TPSA) is 66.9 Å². The molecule has 0 saturated carbocycles. The number of nitrogens with one attached hydrogen (secondary N) is 2. The molecular weight excluding hydrogens is 369 g/mol. The third-order valence-corrected chi connectivity index (χ3v) is 4.02. The molecule has 0 radical (unpaired) electrons. The molecule has 0 saturated heterocycles. The Kier molecular flexibility index (Phi) is 5.58. The Morgan fingerprint density at radius 1 is 1.00 bits per heavy atom. The molecule has 1 atom stereocenters. The number of aryl methyl sites for hydroxylation is 1. The predicted molar refractivity (Wildman–Crippen MR) is 98.7 cm³/mol. The number of carbonyl (C=O) groups excluding carboxylic acids is 1. The van der Waals surface area contributed by atoms with E-state index in [0.717, 1.165) is 17.7 Å². The highest BCUT2D eigenvalue weighted by Crippen LogP contribution is 2.23. The van der Waals surface area contributed by atoms with Crippen molar-refractivity contribution < 1.29 is 18.0 Å². The summed E-state index contributed by atoms with van der Waals surface area (Å²) in [4.78, 5) is 20.7. The number of hydrogen-bond acceptors (Lipinski definition) is 4. The molecule has 144 valence electrons. The first-order valence-electron chi connectivity index (χ1n) is 8.47. The lowest BCUT2D eigenvalue weighted by Gasteiger charge is -2.15. The smallest absolute Gasteiger partial charge is 0.270 e. The zero-order chi connectivity index (χ0) is 20.3. The van der Waals surface area contributed by atoms with Crippen LogP contribution in [0.25, 0.3) is 0 Å². The molecule has 1 amide bonds. The van der Waals surface area contributed by atoms with Gasteiger partial charge in [0.1, 0.15) is 17.3 Å². The molecule has 0 bridgehead atoms. The number of nitrogens with zero attached hydrogens (tertiary/aromatic N) is 2. The van der Waals surface area contributed by atoms with Crippen molar-refractivity contribution in [1.29, 1.82) is 0 Å². The summed E-state index contributed by atoms with van der Waals surface area (Å²) in [5, 5.41) is 5.37. The van der Waals surface area contributed by atoms with Crippen LogP contribution in [0.5, 0.6) is 0 Å². The van der Waals surface area contributed by atoms with Crippen LogP contribution in [0.2, 0.25) is 0 Å². The van der Waals surface area contributed by atoms with Crippen molar-refractivity contribution in [2.45, 2.75) is 19.9 Å². The van der Waals surface area contributed by atoms with Crippen LogP contribution in [0.15, 0.2) is 48.5 Å². The number of carbonyl (C=O) groups is 1. The Balaban J connectivity index is 1.81. The number of benzene rings is 2. The molecule has 0 aliphatic rings. The summed E-state index contributed by atoms with van der Waals surface area (Å²) in [7, 11) is 0. The first-order valence-corrected chi connectivity index (χ1v) is 8.47. The normalized spacial score (nSPS) is 11.8. The Hall–Kier alpha value is -3.42. The Morgan fingerprint density at radius 2 is 1.71 bits per heavy atom. The largest absolute Gasteiger partial charge is 0.344 e. The van der Waals surface area contributed by atoms with E-state index >= 15 is 0 Å². The first-order chi connectivity index (χ1) is 13.3. The zero-order valence-electron chi connectivity index (χ0n) is 15.1. The predicted octanol–water partition coefficient (Wildman–Crippen LogP) is 4.44. The highest BCUT2D eigenvalue weighted by atomic mass is 19.2. The molecule has 3 aromatic rings. The van der Waals surface area contributed by atoms with E-state index in [1.165, 1.54) is 6.07 Å². The van der Waals surface area contributed by atoms with E-state index < -0.39 is 23.4 Å². The quantitative estimate of drug-likeness (QED) is 0.637. The molecule has 28 heavy (non-hydrogen) atoms. The highest BCUT2D eigenvalue weighted by molar-refractivity contribution is 5.93. The SMILES string of the molecule is Cc1nc(Nc2ccc(F)c(F)c2F)cc(C(=O)NC(C)c2ccccc2)n1. The van der Waals surface area contributed by atoms with Crippen LogP contribution < -0.4 is 10.6 Å². The molecule has 2 aromatic carbocycles. The van der Waals surface area contributed by atoms with E-state index in [1.807, 2.05) is 37.3 Å². The summed E-state index contributed by atoms with van der Waals surface area (Å²) in [6, 6.07) is 12.3. The Labute approximate surface area is 159 Å². The molecule has 1 heterocycles. The molecule has 2 N–H and O–H groups in total. The van der Waals surface area contributed by atoms with Crippen molar-refractivity contribution in [2.75, 3.05) is 5.32 Å². The third-order valence-electron chi connectivity index (χ3n) is 4.02. The van der Waals surface area contributed by atoms with Gasteiger partial charge in [0.2, 0.25) is 0 Å². The lowest BCUT2D eigenvalue weighted by molar-refractivity contribution is 0.0934. The van der Waals surface area contributed by atoms with Gasteiger partial charge in [-0.2, -0.15) is 0 Å². The van der Waals surface area contributed by atoms with Gasteiger partial charge < -0.3 is 10.6 Å². The van der Waals surface area contributed by atoms with Crippen molar-refractivity contribution >= 4 is 17.4 Å². The summed E-state index contributed by atoms with van der Waals surface area (Å²) < 4.78 is 40.3. The molecule has 0 aliphatic heterocycles. The van der Waals surface area contributed by atoms with E-state index in [0.29, 0.717) is 0 Å². The minimum atomic E-state index is -1.59. The maximum Gasteiger partial charge on any atom is 0.270 e. The van der Waals surface area contributed by atoms with Crippen LogP contribution in [0, 0.1) is 24.4 Å². The van der Waals surface area contributed by atoms with Gasteiger partial charge in [-0.25, -0.2) is 23.1 Å². The molecule has 5 nitrogen and oxygen atoms in total. The molecule has 0 aliphatic carbocycles. The van der Waals surface area contributed by atoms with Crippen molar-refractivity contribution in [3.05, 3.63) is 83.1 Å². The molecule has 1 unspecified atom stereocenters. The number of rotatable bonds is 5. The number of halogens is 3. The van der Waals surface area contributed by atoms with E-state index in [-0.39, 0.29) is 29.1 Å². The van der Waals surface area contributed by atoms with E-state index in [1.54, 1.807) is 6.92 Å². The van der Waals surface area contributed by atoms with Gasteiger partial charge in [-0.1, -0.05) is 30.3 Å². The Morgan fingerprint density at radius 3 is 2.43 bits per heavy atom. The summed E-state index contributed by atoms with van der Waals surface area (Å²) in [5.74, 6) is -4.38. The molecule has 0 fully saturated rings. The highest BCUT2D eigenvalue weighted by Gasteiger charge is 2.17. The fourth-order valence-corrected chi connectivity index (χ4v) is 2.60. The standard InChI is InChI=1S/C20H17F3N4O/c1-11(13-6-4-3-5-7-13)24-20(28)16-10-17(26-12(2)25-16)27-15-9-8-14(21)18(22)19(15)23/h3-11H,1-2H3,(H,24,28)(H,25,26,27). The maximum absolute atomic E-state index is 13.9. The molecular formula is C20H17F3N4O. The van der Waals surface area contributed by atoms with Crippen LogP contribution >= 0.6 is 0 Å². The van der Waals surface area contributed by atoms with E-state index in [2.05, 4.69) is 20.6 Å². The average Bonchev–Trinajstić information content (AvgIpc) is 2.68. The second-order valence-corrected chi connectivity index (χ2v) is 6.14. The molecule has 8 heteroatoms. The minimum Gasteiger partial charge on any atom is -0.344 e. The van der Waals surface area contributed by atoms with Crippen LogP contribution in [0.1, 0.15) is 34.8 Å². The summed E-state index contributed by atoms with van der Waals surface area (Å²) in [5.41, 5.74) is 0.672. The second kappa shape index (κ2) is 8.08. The molecule has 1 aromatic heterocycles.